The van der Waals surface area contributed by atoms with Gasteiger partial charge < -0.3 is 11.1 Å². The second kappa shape index (κ2) is 6.21. The molecule has 3 rings (SSSR count). The lowest BCUT2D eigenvalue weighted by Gasteiger charge is -2.14. The van der Waals surface area contributed by atoms with Gasteiger partial charge in [0.25, 0.3) is 5.91 Å². The van der Waals surface area contributed by atoms with Gasteiger partial charge in [0.05, 0.1) is 11.0 Å². The van der Waals surface area contributed by atoms with Crippen LogP contribution in [0.4, 0.5) is 0 Å². The van der Waals surface area contributed by atoms with Crippen LogP contribution < -0.4 is 11.1 Å². The zero-order valence-corrected chi connectivity index (χ0v) is 13.5. The van der Waals surface area contributed by atoms with Gasteiger partial charge in [-0.1, -0.05) is 0 Å². The summed E-state index contributed by atoms with van der Waals surface area (Å²) in [7, 11) is 0. The summed E-state index contributed by atoms with van der Waals surface area (Å²) in [5, 5.41) is 8.85. The first-order chi connectivity index (χ1) is 10.2. The molecule has 2 aromatic heterocycles. The Bertz CT molecular complexity index is 632. The standard InChI is InChI=1S/C14H18N4OS2/c1-8-6-21-14(16-8)12(9-2-3-9)18-13(19)10-7-20-11(17-10)4-5-15/h6-7,9,12H,2-5,15H2,1H3,(H,18,19). The van der Waals surface area contributed by atoms with Gasteiger partial charge in [-0.15, -0.1) is 22.7 Å². The molecule has 3 N–H and O–H groups in total. The Morgan fingerprint density at radius 2 is 2.24 bits per heavy atom. The van der Waals surface area contributed by atoms with E-state index in [1.165, 1.54) is 11.3 Å². The normalized spacial score (nSPS) is 15.9. The van der Waals surface area contributed by atoms with Crippen LogP contribution in [0, 0.1) is 12.8 Å². The third-order valence-electron chi connectivity index (χ3n) is 3.43. The molecule has 2 heterocycles. The van der Waals surface area contributed by atoms with Crippen molar-refractivity contribution in [2.75, 3.05) is 6.54 Å². The summed E-state index contributed by atoms with van der Waals surface area (Å²) in [4.78, 5) is 21.2. The predicted molar refractivity (Wildman–Crippen MR) is 84.7 cm³/mol. The van der Waals surface area contributed by atoms with E-state index in [9.17, 15) is 4.79 Å². The van der Waals surface area contributed by atoms with Crippen molar-refractivity contribution in [3.05, 3.63) is 32.2 Å². The Kier molecular flexibility index (Phi) is 4.32. The molecule has 21 heavy (non-hydrogen) atoms. The van der Waals surface area contributed by atoms with E-state index >= 15 is 0 Å². The Hall–Kier alpha value is -1.31. The lowest BCUT2D eigenvalue weighted by atomic mass is 10.2. The minimum atomic E-state index is -0.112. The lowest BCUT2D eigenvalue weighted by molar-refractivity contribution is 0.0927. The van der Waals surface area contributed by atoms with Gasteiger partial charge in [-0.05, 0) is 32.2 Å². The molecule has 0 bridgehead atoms. The summed E-state index contributed by atoms with van der Waals surface area (Å²) in [6.07, 6.45) is 3.02. The number of nitrogens with zero attached hydrogens (tertiary/aromatic N) is 2. The topological polar surface area (TPSA) is 80.9 Å². The molecule has 7 heteroatoms. The van der Waals surface area contributed by atoms with Crippen LogP contribution in [-0.2, 0) is 6.42 Å². The lowest BCUT2D eigenvalue weighted by Crippen LogP contribution is -2.30. The maximum atomic E-state index is 12.4. The molecule has 1 aliphatic rings. The molecule has 1 unspecified atom stereocenters. The third-order valence-corrected chi connectivity index (χ3v) is 5.38. The number of aromatic nitrogens is 2. The van der Waals surface area contributed by atoms with Gasteiger partial charge in [0, 0.05) is 22.9 Å². The number of aryl methyl sites for hydroxylation is 1. The van der Waals surface area contributed by atoms with Crippen LogP contribution in [0.15, 0.2) is 10.8 Å². The molecule has 1 amide bonds. The van der Waals surface area contributed by atoms with Crippen molar-refractivity contribution in [1.82, 2.24) is 15.3 Å². The highest BCUT2D eigenvalue weighted by molar-refractivity contribution is 7.10. The first kappa shape index (κ1) is 14.6. The number of nitrogens with two attached hydrogens (primary N) is 1. The molecule has 5 nitrogen and oxygen atoms in total. The maximum Gasteiger partial charge on any atom is 0.271 e. The predicted octanol–water partition coefficient (Wildman–Crippen LogP) is 2.29. The fourth-order valence-corrected chi connectivity index (χ4v) is 3.93. The monoisotopic (exact) mass is 322 g/mol. The van der Waals surface area contributed by atoms with Crippen molar-refractivity contribution in [3.63, 3.8) is 0 Å². The number of carbonyl (C=O) groups is 1. The van der Waals surface area contributed by atoms with E-state index < -0.39 is 0 Å². The van der Waals surface area contributed by atoms with Crippen molar-refractivity contribution in [2.24, 2.45) is 11.7 Å². The molecule has 0 aliphatic heterocycles. The molecule has 1 atom stereocenters. The number of carbonyl (C=O) groups excluding carboxylic acids is 1. The van der Waals surface area contributed by atoms with Gasteiger partial charge in [0.15, 0.2) is 0 Å². The molecule has 0 aromatic carbocycles. The van der Waals surface area contributed by atoms with E-state index in [0.717, 1.165) is 35.0 Å². The van der Waals surface area contributed by atoms with Crippen LogP contribution in [0.1, 0.15) is 45.1 Å². The molecule has 1 saturated carbocycles. The van der Waals surface area contributed by atoms with Crippen molar-refractivity contribution >= 4 is 28.6 Å². The van der Waals surface area contributed by atoms with Crippen LogP contribution >= 0.6 is 22.7 Å². The molecule has 0 saturated heterocycles. The SMILES string of the molecule is Cc1csc(C(NC(=O)c2csc(CCN)n2)C2CC2)n1. The molecule has 1 aliphatic carbocycles. The highest BCUT2D eigenvalue weighted by Crippen LogP contribution is 2.42. The Balaban J connectivity index is 1.71. The zero-order valence-electron chi connectivity index (χ0n) is 11.8. The molecule has 2 aromatic rings. The molecular formula is C14H18N4OS2. The van der Waals surface area contributed by atoms with Crippen LogP contribution in [0.3, 0.4) is 0 Å². The van der Waals surface area contributed by atoms with E-state index in [1.54, 1.807) is 16.7 Å². The van der Waals surface area contributed by atoms with Crippen molar-refractivity contribution in [3.8, 4) is 0 Å². The van der Waals surface area contributed by atoms with Crippen LogP contribution in [0.25, 0.3) is 0 Å². The smallest absolute Gasteiger partial charge is 0.271 e. The van der Waals surface area contributed by atoms with E-state index in [4.69, 9.17) is 5.73 Å². The van der Waals surface area contributed by atoms with Gasteiger partial charge >= 0.3 is 0 Å². The summed E-state index contributed by atoms with van der Waals surface area (Å²) < 4.78 is 0. The first-order valence-corrected chi connectivity index (χ1v) is 8.80. The summed E-state index contributed by atoms with van der Waals surface area (Å²) in [5.74, 6) is 0.404. The Labute approximate surface area is 131 Å². The van der Waals surface area contributed by atoms with Gasteiger partial charge in [-0.25, -0.2) is 9.97 Å². The van der Waals surface area contributed by atoms with Gasteiger partial charge in [-0.2, -0.15) is 0 Å². The van der Waals surface area contributed by atoms with Crippen LogP contribution in [-0.4, -0.2) is 22.4 Å². The average Bonchev–Trinajstić information content (AvgIpc) is 3.04. The highest BCUT2D eigenvalue weighted by atomic mass is 32.1. The number of rotatable bonds is 6. The van der Waals surface area contributed by atoms with E-state index in [-0.39, 0.29) is 11.9 Å². The molecule has 112 valence electrons. The quantitative estimate of drug-likeness (QED) is 0.855. The summed E-state index contributed by atoms with van der Waals surface area (Å²) >= 11 is 3.10. The molecule has 0 spiro atoms. The second-order valence-corrected chi connectivity index (χ2v) is 7.11. The van der Waals surface area contributed by atoms with Crippen LogP contribution in [0.2, 0.25) is 0 Å². The zero-order chi connectivity index (χ0) is 14.8. The van der Waals surface area contributed by atoms with Gasteiger partial charge in [0.2, 0.25) is 0 Å². The minimum Gasteiger partial charge on any atom is -0.341 e. The number of amides is 1. The maximum absolute atomic E-state index is 12.4. The van der Waals surface area contributed by atoms with Gasteiger partial charge in [-0.3, -0.25) is 4.79 Å². The fourth-order valence-electron chi connectivity index (χ4n) is 2.19. The number of nitrogens with one attached hydrogen (secondary N) is 1. The van der Waals surface area contributed by atoms with Gasteiger partial charge in [0.1, 0.15) is 10.7 Å². The van der Waals surface area contributed by atoms with Crippen molar-refractivity contribution in [2.45, 2.75) is 32.2 Å². The molecule has 0 radical (unpaired) electrons. The van der Waals surface area contributed by atoms with E-state index in [0.29, 0.717) is 18.2 Å². The van der Waals surface area contributed by atoms with E-state index in [2.05, 4.69) is 15.3 Å². The third kappa shape index (κ3) is 3.48. The van der Waals surface area contributed by atoms with Crippen molar-refractivity contribution < 1.29 is 4.79 Å². The average molecular weight is 322 g/mol. The summed E-state index contributed by atoms with van der Waals surface area (Å²) in [5.41, 5.74) is 7.01. The summed E-state index contributed by atoms with van der Waals surface area (Å²) in [6, 6.07) is 0.0239. The highest BCUT2D eigenvalue weighted by Gasteiger charge is 2.35. The number of thiazole rings is 2. The number of hydrogen-bond acceptors (Lipinski definition) is 6. The van der Waals surface area contributed by atoms with Crippen molar-refractivity contribution in [1.29, 1.82) is 0 Å². The van der Waals surface area contributed by atoms with Crippen LogP contribution in [0.5, 0.6) is 0 Å². The summed E-state index contributed by atoms with van der Waals surface area (Å²) in [6.45, 7) is 2.53. The number of hydrogen-bond donors (Lipinski definition) is 2. The second-order valence-electron chi connectivity index (χ2n) is 5.28. The van der Waals surface area contributed by atoms with E-state index in [1.807, 2.05) is 12.3 Å². The Morgan fingerprint density at radius 3 is 2.86 bits per heavy atom. The molecule has 1 fully saturated rings. The fraction of sp³-hybridized carbons (Fsp3) is 0.500. The Morgan fingerprint density at radius 1 is 1.43 bits per heavy atom. The minimum absolute atomic E-state index is 0.0239. The first-order valence-electron chi connectivity index (χ1n) is 7.04. The molecular weight excluding hydrogens is 304 g/mol. The largest absolute Gasteiger partial charge is 0.341 e.